The van der Waals surface area contributed by atoms with Gasteiger partial charge in [0.15, 0.2) is 6.10 Å². The molecule has 3 rings (SSSR count). The fraction of sp³-hybridized carbons (Fsp3) is 0.435. The molecule has 3 nitrogen and oxygen atoms in total. The molecule has 0 radical (unpaired) electrons. The van der Waals surface area contributed by atoms with Crippen molar-refractivity contribution in [3.8, 4) is 5.75 Å². The van der Waals surface area contributed by atoms with E-state index >= 15 is 0 Å². The molecule has 1 aliphatic heterocycles. The van der Waals surface area contributed by atoms with Gasteiger partial charge in [-0.1, -0.05) is 36.4 Å². The summed E-state index contributed by atoms with van der Waals surface area (Å²) < 4.78 is 5.92. The zero-order valence-electron chi connectivity index (χ0n) is 16.1. The number of hydrogen-bond acceptors (Lipinski definition) is 2. The molecule has 0 aromatic heterocycles. The maximum absolute atomic E-state index is 12.7. The Kier molecular flexibility index (Phi) is 5.97. The van der Waals surface area contributed by atoms with E-state index < -0.39 is 6.10 Å². The Morgan fingerprint density at radius 1 is 1.08 bits per heavy atom. The van der Waals surface area contributed by atoms with E-state index in [0.29, 0.717) is 5.92 Å². The molecule has 1 aliphatic rings. The van der Waals surface area contributed by atoms with Crippen molar-refractivity contribution in [2.24, 2.45) is 5.92 Å². The smallest absolute Gasteiger partial charge is 0.263 e. The van der Waals surface area contributed by atoms with Crippen LogP contribution in [0.3, 0.4) is 0 Å². The third-order valence-electron chi connectivity index (χ3n) is 5.15. The van der Waals surface area contributed by atoms with Gasteiger partial charge in [-0.25, -0.2) is 0 Å². The number of hydrogen-bond donors (Lipinski definition) is 0. The number of carbonyl (C=O) groups excluding carboxylic acids is 1. The average molecular weight is 351 g/mol. The summed E-state index contributed by atoms with van der Waals surface area (Å²) in [6.45, 7) is 7.61. The maximum atomic E-state index is 12.7. The molecule has 1 heterocycles. The van der Waals surface area contributed by atoms with E-state index in [9.17, 15) is 4.79 Å². The van der Waals surface area contributed by atoms with E-state index in [2.05, 4.69) is 36.4 Å². The lowest BCUT2D eigenvalue weighted by atomic mass is 9.90. The number of rotatable bonds is 5. The van der Waals surface area contributed by atoms with Crippen molar-refractivity contribution in [3.63, 3.8) is 0 Å². The SMILES string of the molecule is Cc1cc(C)cc(O[C@H](C)C(=O)N2CCC(Cc3ccccc3)CC2)c1. The van der Waals surface area contributed by atoms with Crippen LogP contribution in [0.2, 0.25) is 0 Å². The number of amides is 1. The third-order valence-corrected chi connectivity index (χ3v) is 5.15. The first-order chi connectivity index (χ1) is 12.5. The lowest BCUT2D eigenvalue weighted by Gasteiger charge is -2.33. The van der Waals surface area contributed by atoms with E-state index in [4.69, 9.17) is 4.74 Å². The fourth-order valence-electron chi connectivity index (χ4n) is 3.82. The molecule has 1 atom stereocenters. The molecule has 0 N–H and O–H groups in total. The van der Waals surface area contributed by atoms with Crippen LogP contribution in [0.1, 0.15) is 36.5 Å². The number of likely N-dealkylation sites (tertiary alicyclic amines) is 1. The second-order valence-corrected chi connectivity index (χ2v) is 7.54. The molecular weight excluding hydrogens is 322 g/mol. The molecular formula is C23H29NO2. The van der Waals surface area contributed by atoms with Gasteiger partial charge in [-0.2, -0.15) is 0 Å². The molecule has 3 heteroatoms. The predicted molar refractivity (Wildman–Crippen MR) is 105 cm³/mol. The lowest BCUT2D eigenvalue weighted by molar-refractivity contribution is -0.139. The first-order valence-corrected chi connectivity index (χ1v) is 9.59. The largest absolute Gasteiger partial charge is 0.481 e. The Labute approximate surface area is 157 Å². The predicted octanol–water partition coefficient (Wildman–Crippen LogP) is 4.55. The molecule has 0 spiro atoms. The van der Waals surface area contributed by atoms with Crippen LogP contribution in [0.4, 0.5) is 0 Å². The number of aryl methyl sites for hydroxylation is 2. The zero-order valence-corrected chi connectivity index (χ0v) is 16.1. The highest BCUT2D eigenvalue weighted by atomic mass is 16.5. The van der Waals surface area contributed by atoms with E-state index in [1.54, 1.807) is 0 Å². The standard InChI is InChI=1S/C23H29NO2/c1-17-13-18(2)15-22(14-17)26-19(3)23(25)24-11-9-21(10-12-24)16-20-7-5-4-6-8-20/h4-8,13-15,19,21H,9-12,16H2,1-3H3/t19-/m1/s1. The summed E-state index contributed by atoms with van der Waals surface area (Å²) in [5, 5.41) is 0. The number of ether oxygens (including phenoxy) is 1. The van der Waals surface area contributed by atoms with Crippen molar-refractivity contribution in [2.45, 2.75) is 46.1 Å². The topological polar surface area (TPSA) is 29.5 Å². The molecule has 2 aromatic carbocycles. The van der Waals surface area contributed by atoms with Crippen molar-refractivity contribution in [2.75, 3.05) is 13.1 Å². The molecule has 0 unspecified atom stereocenters. The van der Waals surface area contributed by atoms with Crippen molar-refractivity contribution >= 4 is 5.91 Å². The Morgan fingerprint density at radius 2 is 1.69 bits per heavy atom. The minimum Gasteiger partial charge on any atom is -0.481 e. The van der Waals surface area contributed by atoms with E-state index in [1.165, 1.54) is 5.56 Å². The quantitative estimate of drug-likeness (QED) is 0.791. The number of piperidine rings is 1. The van der Waals surface area contributed by atoms with Crippen LogP contribution in [0.5, 0.6) is 5.75 Å². The second kappa shape index (κ2) is 8.39. The Hall–Kier alpha value is -2.29. The molecule has 26 heavy (non-hydrogen) atoms. The second-order valence-electron chi connectivity index (χ2n) is 7.54. The maximum Gasteiger partial charge on any atom is 0.263 e. The van der Waals surface area contributed by atoms with Crippen LogP contribution < -0.4 is 4.74 Å². The van der Waals surface area contributed by atoms with E-state index in [-0.39, 0.29) is 5.91 Å². The summed E-state index contributed by atoms with van der Waals surface area (Å²) in [4.78, 5) is 14.7. The third kappa shape index (κ3) is 4.87. The van der Waals surface area contributed by atoms with Gasteiger partial charge in [0.2, 0.25) is 0 Å². The highest BCUT2D eigenvalue weighted by molar-refractivity contribution is 5.81. The van der Waals surface area contributed by atoms with Gasteiger partial charge in [0, 0.05) is 13.1 Å². The normalized spacial score (nSPS) is 16.3. The Bertz CT molecular complexity index is 713. The summed E-state index contributed by atoms with van der Waals surface area (Å²) in [7, 11) is 0. The fourth-order valence-corrected chi connectivity index (χ4v) is 3.82. The van der Waals surface area contributed by atoms with Crippen LogP contribution in [-0.2, 0) is 11.2 Å². The number of nitrogens with zero attached hydrogens (tertiary/aromatic N) is 1. The summed E-state index contributed by atoms with van der Waals surface area (Å²) in [5.41, 5.74) is 3.70. The Balaban J connectivity index is 1.51. The number of carbonyl (C=O) groups is 1. The molecule has 1 saturated heterocycles. The van der Waals surface area contributed by atoms with E-state index in [1.807, 2.05) is 37.8 Å². The van der Waals surface area contributed by atoms with Crippen LogP contribution in [0.25, 0.3) is 0 Å². The molecule has 0 bridgehead atoms. The van der Waals surface area contributed by atoms with Gasteiger partial charge < -0.3 is 9.64 Å². The van der Waals surface area contributed by atoms with Crippen molar-refractivity contribution in [1.29, 1.82) is 0 Å². The van der Waals surface area contributed by atoms with Gasteiger partial charge in [-0.15, -0.1) is 0 Å². The molecule has 0 aliphatic carbocycles. The summed E-state index contributed by atoms with van der Waals surface area (Å²) in [6.07, 6.45) is 2.80. The van der Waals surface area contributed by atoms with Gasteiger partial charge in [0.05, 0.1) is 0 Å². The van der Waals surface area contributed by atoms with Crippen LogP contribution in [0.15, 0.2) is 48.5 Å². The van der Waals surface area contributed by atoms with Crippen molar-refractivity contribution in [1.82, 2.24) is 4.90 Å². The molecule has 1 fully saturated rings. The first kappa shape index (κ1) is 18.5. The van der Waals surface area contributed by atoms with Gasteiger partial charge in [0.25, 0.3) is 5.91 Å². The number of benzene rings is 2. The van der Waals surface area contributed by atoms with Crippen LogP contribution in [0, 0.1) is 19.8 Å². The lowest BCUT2D eigenvalue weighted by Crippen LogP contribution is -2.45. The molecule has 0 saturated carbocycles. The first-order valence-electron chi connectivity index (χ1n) is 9.59. The average Bonchev–Trinajstić information content (AvgIpc) is 2.62. The summed E-state index contributed by atoms with van der Waals surface area (Å²) in [5.74, 6) is 1.54. The molecule has 138 valence electrons. The minimum atomic E-state index is -0.443. The highest BCUT2D eigenvalue weighted by Gasteiger charge is 2.27. The van der Waals surface area contributed by atoms with Gasteiger partial charge in [-0.3, -0.25) is 4.79 Å². The van der Waals surface area contributed by atoms with Crippen molar-refractivity contribution in [3.05, 3.63) is 65.2 Å². The monoisotopic (exact) mass is 351 g/mol. The minimum absolute atomic E-state index is 0.0994. The van der Waals surface area contributed by atoms with Crippen LogP contribution >= 0.6 is 0 Å². The van der Waals surface area contributed by atoms with Crippen LogP contribution in [-0.4, -0.2) is 30.0 Å². The molecule has 2 aromatic rings. The van der Waals surface area contributed by atoms with Gasteiger partial charge in [-0.05, 0) is 74.8 Å². The van der Waals surface area contributed by atoms with Crippen molar-refractivity contribution < 1.29 is 9.53 Å². The molecule has 1 amide bonds. The highest BCUT2D eigenvalue weighted by Crippen LogP contribution is 2.23. The Morgan fingerprint density at radius 3 is 2.31 bits per heavy atom. The van der Waals surface area contributed by atoms with Gasteiger partial charge >= 0.3 is 0 Å². The van der Waals surface area contributed by atoms with E-state index in [0.717, 1.165) is 49.2 Å². The summed E-state index contributed by atoms with van der Waals surface area (Å²) >= 11 is 0. The summed E-state index contributed by atoms with van der Waals surface area (Å²) in [6, 6.07) is 16.7. The zero-order chi connectivity index (χ0) is 18.5. The van der Waals surface area contributed by atoms with Gasteiger partial charge in [0.1, 0.15) is 5.75 Å².